The van der Waals surface area contributed by atoms with Crippen molar-refractivity contribution >= 4 is 50.4 Å². The smallest absolute Gasteiger partial charge is 0.287 e. The van der Waals surface area contributed by atoms with E-state index in [4.69, 9.17) is 4.74 Å². The predicted octanol–water partition coefficient (Wildman–Crippen LogP) is 2.68. The van der Waals surface area contributed by atoms with E-state index in [0.717, 1.165) is 21.0 Å². The highest BCUT2D eigenvalue weighted by atomic mass is 32.1. The molecule has 156 valence electrons. The van der Waals surface area contributed by atoms with Crippen molar-refractivity contribution in [2.45, 2.75) is 13.5 Å². The van der Waals surface area contributed by atoms with Crippen LogP contribution in [0.4, 0.5) is 5.69 Å². The van der Waals surface area contributed by atoms with Crippen LogP contribution in [0.2, 0.25) is 0 Å². The van der Waals surface area contributed by atoms with Gasteiger partial charge in [0.2, 0.25) is 5.82 Å². The van der Waals surface area contributed by atoms with Crippen LogP contribution >= 0.6 is 22.7 Å². The lowest BCUT2D eigenvalue weighted by molar-refractivity contribution is -0.118. The Kier molecular flexibility index (Phi) is 4.75. The molecule has 0 aliphatic carbocycles. The predicted molar refractivity (Wildman–Crippen MR) is 118 cm³/mol. The molecule has 0 saturated heterocycles. The number of anilines is 1. The lowest BCUT2D eigenvalue weighted by Gasteiger charge is -2.18. The monoisotopic (exact) mass is 453 g/mol. The third-order valence-electron chi connectivity index (χ3n) is 4.73. The van der Waals surface area contributed by atoms with Crippen LogP contribution in [0.25, 0.3) is 20.8 Å². The molecule has 0 spiro atoms. The third-order valence-corrected chi connectivity index (χ3v) is 6.52. The molecule has 0 unspecified atom stereocenters. The summed E-state index contributed by atoms with van der Waals surface area (Å²) in [6.07, 6.45) is 1.69. The standard InChI is InChI=1S/C20H15N5O4S2/c1-9-14(19-21-4-5-30-19)15-17(27)24-16(25-20(15)31-9)18(28)22-7-10-2-3-12-11(6-10)23-13(26)8-29-12/h2-6H,7-8H2,1H3,(H,22,28)(H,23,26)(H,24,25,27). The Morgan fingerprint density at radius 2 is 2.19 bits per heavy atom. The van der Waals surface area contributed by atoms with Gasteiger partial charge < -0.3 is 20.4 Å². The topological polar surface area (TPSA) is 126 Å². The molecule has 0 radical (unpaired) electrons. The van der Waals surface area contributed by atoms with E-state index in [1.807, 2.05) is 12.3 Å². The highest BCUT2D eigenvalue weighted by Crippen LogP contribution is 2.36. The number of aryl methyl sites for hydroxylation is 1. The number of fused-ring (bicyclic) bond motifs is 2. The maximum Gasteiger partial charge on any atom is 0.287 e. The van der Waals surface area contributed by atoms with Crippen molar-refractivity contribution < 1.29 is 14.3 Å². The number of benzene rings is 1. The zero-order valence-electron chi connectivity index (χ0n) is 16.1. The summed E-state index contributed by atoms with van der Waals surface area (Å²) in [6, 6.07) is 5.25. The van der Waals surface area contributed by atoms with Gasteiger partial charge in [-0.2, -0.15) is 0 Å². The highest BCUT2D eigenvalue weighted by Gasteiger charge is 2.20. The fourth-order valence-corrected chi connectivity index (χ4v) is 5.17. The highest BCUT2D eigenvalue weighted by molar-refractivity contribution is 7.20. The fourth-order valence-electron chi connectivity index (χ4n) is 3.34. The molecule has 1 aromatic carbocycles. The molecule has 3 N–H and O–H groups in total. The Hall–Kier alpha value is -3.57. The van der Waals surface area contributed by atoms with Crippen molar-refractivity contribution in [2.75, 3.05) is 11.9 Å². The second kappa shape index (κ2) is 7.60. The molecule has 11 heteroatoms. The summed E-state index contributed by atoms with van der Waals surface area (Å²) in [5.74, 6) is -0.208. The van der Waals surface area contributed by atoms with Crippen LogP contribution in [-0.4, -0.2) is 33.4 Å². The van der Waals surface area contributed by atoms with E-state index in [0.29, 0.717) is 21.7 Å². The first-order valence-electron chi connectivity index (χ1n) is 9.26. The number of H-pyrrole nitrogens is 1. The minimum atomic E-state index is -0.501. The maximum atomic E-state index is 12.8. The van der Waals surface area contributed by atoms with Crippen molar-refractivity contribution in [1.82, 2.24) is 20.3 Å². The number of aromatic nitrogens is 3. The van der Waals surface area contributed by atoms with E-state index < -0.39 is 5.91 Å². The number of ether oxygens (including phenoxy) is 1. The van der Waals surface area contributed by atoms with Gasteiger partial charge in [0.25, 0.3) is 17.4 Å². The molecule has 3 aromatic heterocycles. The van der Waals surface area contributed by atoms with Gasteiger partial charge in [-0.25, -0.2) is 9.97 Å². The Balaban J connectivity index is 1.39. The lowest BCUT2D eigenvalue weighted by atomic mass is 10.1. The molecule has 31 heavy (non-hydrogen) atoms. The van der Waals surface area contributed by atoms with Crippen molar-refractivity contribution in [3.05, 3.63) is 56.4 Å². The molecule has 4 heterocycles. The molecular formula is C20H15N5O4S2. The van der Waals surface area contributed by atoms with Crippen LogP contribution in [0.3, 0.4) is 0 Å². The molecule has 5 rings (SSSR count). The molecule has 1 aliphatic rings. The van der Waals surface area contributed by atoms with Gasteiger partial charge in [-0.1, -0.05) is 6.07 Å². The summed E-state index contributed by atoms with van der Waals surface area (Å²) in [6.45, 7) is 2.08. The minimum Gasteiger partial charge on any atom is -0.482 e. The molecule has 4 aromatic rings. The van der Waals surface area contributed by atoms with Crippen molar-refractivity contribution in [2.24, 2.45) is 0 Å². The first kappa shape index (κ1) is 19.4. The summed E-state index contributed by atoms with van der Waals surface area (Å²) < 4.78 is 5.33. The van der Waals surface area contributed by atoms with Gasteiger partial charge in [0.05, 0.1) is 11.1 Å². The Morgan fingerprint density at radius 3 is 3.00 bits per heavy atom. The van der Waals surface area contributed by atoms with Crippen molar-refractivity contribution in [1.29, 1.82) is 0 Å². The average Bonchev–Trinajstić information content (AvgIpc) is 3.38. The van der Waals surface area contributed by atoms with Gasteiger partial charge >= 0.3 is 0 Å². The number of hydrogen-bond acceptors (Lipinski definition) is 8. The van der Waals surface area contributed by atoms with Crippen LogP contribution in [0.15, 0.2) is 34.6 Å². The molecular weight excluding hydrogens is 438 g/mol. The van der Waals surface area contributed by atoms with E-state index in [1.165, 1.54) is 22.7 Å². The molecule has 1 aliphatic heterocycles. The van der Waals surface area contributed by atoms with Gasteiger partial charge in [0.1, 0.15) is 15.6 Å². The van der Waals surface area contributed by atoms with Crippen LogP contribution in [0.1, 0.15) is 21.1 Å². The Morgan fingerprint density at radius 1 is 1.32 bits per heavy atom. The summed E-state index contributed by atoms with van der Waals surface area (Å²) in [4.78, 5) is 49.5. The molecule has 0 atom stereocenters. The van der Waals surface area contributed by atoms with E-state index >= 15 is 0 Å². The van der Waals surface area contributed by atoms with Gasteiger partial charge in [0, 0.05) is 28.6 Å². The zero-order chi connectivity index (χ0) is 21.5. The SMILES string of the molecule is Cc1sc2nc(C(=O)NCc3ccc4c(c3)NC(=O)CO4)[nH]c(=O)c2c1-c1nccs1. The molecule has 2 amide bonds. The summed E-state index contributed by atoms with van der Waals surface area (Å²) in [5.41, 5.74) is 1.70. The number of nitrogens with one attached hydrogen (secondary N) is 3. The van der Waals surface area contributed by atoms with Crippen LogP contribution in [0, 0.1) is 6.92 Å². The minimum absolute atomic E-state index is 0.0168. The largest absolute Gasteiger partial charge is 0.482 e. The Bertz CT molecular complexity index is 1390. The fraction of sp³-hybridized carbons (Fsp3) is 0.150. The lowest BCUT2D eigenvalue weighted by Crippen LogP contribution is -2.28. The molecule has 0 bridgehead atoms. The quantitative estimate of drug-likeness (QED) is 0.436. The molecule has 0 fully saturated rings. The third kappa shape index (κ3) is 3.57. The van der Waals surface area contributed by atoms with Gasteiger partial charge in [0.15, 0.2) is 6.61 Å². The normalized spacial score (nSPS) is 12.9. The first-order valence-corrected chi connectivity index (χ1v) is 11.0. The average molecular weight is 454 g/mol. The summed E-state index contributed by atoms with van der Waals surface area (Å²) in [7, 11) is 0. The number of hydrogen-bond donors (Lipinski definition) is 3. The number of carbonyl (C=O) groups is 2. The van der Waals surface area contributed by atoms with E-state index in [-0.39, 0.29) is 30.4 Å². The maximum absolute atomic E-state index is 12.8. The molecule has 0 saturated carbocycles. The Labute approximate surface area is 183 Å². The van der Waals surface area contributed by atoms with E-state index in [2.05, 4.69) is 25.6 Å². The molecule has 9 nitrogen and oxygen atoms in total. The number of thiazole rings is 1. The number of rotatable bonds is 4. The number of amides is 2. The van der Waals surface area contributed by atoms with Crippen molar-refractivity contribution in [3.8, 4) is 16.3 Å². The van der Waals surface area contributed by atoms with Gasteiger partial charge in [-0.15, -0.1) is 22.7 Å². The number of carbonyl (C=O) groups excluding carboxylic acids is 2. The van der Waals surface area contributed by atoms with Crippen LogP contribution in [0.5, 0.6) is 5.75 Å². The number of nitrogens with zero attached hydrogens (tertiary/aromatic N) is 2. The van der Waals surface area contributed by atoms with Gasteiger partial charge in [-0.3, -0.25) is 14.4 Å². The van der Waals surface area contributed by atoms with E-state index in [9.17, 15) is 14.4 Å². The summed E-state index contributed by atoms with van der Waals surface area (Å²) >= 11 is 2.80. The second-order valence-electron chi connectivity index (χ2n) is 6.82. The van der Waals surface area contributed by atoms with E-state index in [1.54, 1.807) is 24.4 Å². The number of thiophene rings is 1. The number of aromatic amines is 1. The van der Waals surface area contributed by atoms with Crippen molar-refractivity contribution in [3.63, 3.8) is 0 Å². The second-order valence-corrected chi connectivity index (χ2v) is 8.91. The summed E-state index contributed by atoms with van der Waals surface area (Å²) in [5, 5.41) is 8.51. The van der Waals surface area contributed by atoms with Crippen LogP contribution in [-0.2, 0) is 11.3 Å². The van der Waals surface area contributed by atoms with Crippen LogP contribution < -0.4 is 20.9 Å². The first-order chi connectivity index (χ1) is 15.0. The van der Waals surface area contributed by atoms with Gasteiger partial charge in [-0.05, 0) is 24.6 Å². The zero-order valence-corrected chi connectivity index (χ0v) is 17.8.